The van der Waals surface area contributed by atoms with Gasteiger partial charge in [-0.1, -0.05) is 25.4 Å². The van der Waals surface area contributed by atoms with Crippen LogP contribution in [-0.2, 0) is 0 Å². The van der Waals surface area contributed by atoms with Gasteiger partial charge in [0.25, 0.3) is 0 Å². The van der Waals surface area contributed by atoms with E-state index in [0.29, 0.717) is 22.8 Å². The Balaban J connectivity index is 2.92. The quantitative estimate of drug-likeness (QED) is 0.892. The first-order valence-electron chi connectivity index (χ1n) is 5.94. The third kappa shape index (κ3) is 3.60. The summed E-state index contributed by atoms with van der Waals surface area (Å²) in [6.45, 7) is 6.42. The molecule has 1 heterocycles. The maximum atomic E-state index is 10.8. The molecular formula is C13H19ClN2O2. The minimum absolute atomic E-state index is 0.105. The Morgan fingerprint density at radius 2 is 2.11 bits per heavy atom. The largest absolute Gasteiger partial charge is 0.478 e. The molecule has 0 aliphatic carbocycles. The minimum Gasteiger partial charge on any atom is -0.478 e. The Labute approximate surface area is 113 Å². The van der Waals surface area contributed by atoms with Crippen LogP contribution in [0.15, 0.2) is 12.3 Å². The van der Waals surface area contributed by atoms with E-state index in [1.807, 2.05) is 11.9 Å². The van der Waals surface area contributed by atoms with Gasteiger partial charge in [-0.25, -0.2) is 9.78 Å². The lowest BCUT2D eigenvalue weighted by molar-refractivity contribution is 0.0696. The van der Waals surface area contributed by atoms with E-state index >= 15 is 0 Å². The summed E-state index contributed by atoms with van der Waals surface area (Å²) in [7, 11) is 1.92. The van der Waals surface area contributed by atoms with Gasteiger partial charge in [-0.3, -0.25) is 0 Å². The van der Waals surface area contributed by atoms with Gasteiger partial charge in [-0.2, -0.15) is 0 Å². The van der Waals surface area contributed by atoms with Crippen LogP contribution >= 0.6 is 11.6 Å². The molecule has 1 atom stereocenters. The van der Waals surface area contributed by atoms with Crippen molar-refractivity contribution < 1.29 is 9.90 Å². The van der Waals surface area contributed by atoms with Crippen LogP contribution in [0.25, 0.3) is 0 Å². The minimum atomic E-state index is -1.02. The molecule has 0 aliphatic rings. The summed E-state index contributed by atoms with van der Waals surface area (Å²) < 4.78 is 0. The zero-order valence-corrected chi connectivity index (χ0v) is 11.9. The second kappa shape index (κ2) is 6.05. The predicted molar refractivity (Wildman–Crippen MR) is 73.5 cm³/mol. The molecule has 0 radical (unpaired) electrons. The molecule has 0 aromatic carbocycles. The number of anilines is 1. The second-order valence-corrected chi connectivity index (χ2v) is 5.33. The Bertz CT molecular complexity index is 435. The van der Waals surface area contributed by atoms with Crippen LogP contribution in [0.3, 0.4) is 0 Å². The predicted octanol–water partition coefficient (Wildman–Crippen LogP) is 3.30. The smallest absolute Gasteiger partial charge is 0.337 e. The number of aromatic carboxylic acids is 1. The SMILES string of the molecule is CC(C)CC(C)N(C)c1ncc(C(=O)O)cc1Cl. The monoisotopic (exact) mass is 270 g/mol. The first-order chi connectivity index (χ1) is 8.32. The van der Waals surface area contributed by atoms with Crippen LogP contribution in [0.4, 0.5) is 5.82 Å². The van der Waals surface area contributed by atoms with Gasteiger partial charge in [0.05, 0.1) is 10.6 Å². The molecule has 0 bridgehead atoms. The third-order valence-electron chi connectivity index (χ3n) is 2.88. The topological polar surface area (TPSA) is 53.4 Å². The summed E-state index contributed by atoms with van der Waals surface area (Å²) >= 11 is 6.08. The molecule has 0 amide bonds. The summed E-state index contributed by atoms with van der Waals surface area (Å²) in [6.07, 6.45) is 2.36. The molecule has 0 aliphatic heterocycles. The van der Waals surface area contributed by atoms with Gasteiger partial charge >= 0.3 is 5.97 Å². The summed E-state index contributed by atoms with van der Waals surface area (Å²) in [6, 6.07) is 1.73. The van der Waals surface area contributed by atoms with E-state index in [-0.39, 0.29) is 5.56 Å². The van der Waals surface area contributed by atoms with Crippen molar-refractivity contribution >= 4 is 23.4 Å². The van der Waals surface area contributed by atoms with Crippen molar-refractivity contribution in [2.75, 3.05) is 11.9 Å². The maximum Gasteiger partial charge on any atom is 0.337 e. The molecule has 1 rings (SSSR count). The highest BCUT2D eigenvalue weighted by Crippen LogP contribution is 2.26. The number of hydrogen-bond acceptors (Lipinski definition) is 3. The molecule has 0 saturated heterocycles. The number of carboxylic acid groups (broad SMARTS) is 1. The van der Waals surface area contributed by atoms with E-state index in [2.05, 4.69) is 25.8 Å². The number of carboxylic acids is 1. The lowest BCUT2D eigenvalue weighted by atomic mass is 10.0. The van der Waals surface area contributed by atoms with E-state index in [4.69, 9.17) is 16.7 Å². The lowest BCUT2D eigenvalue weighted by Gasteiger charge is -2.28. The molecule has 1 aromatic heterocycles. The first-order valence-corrected chi connectivity index (χ1v) is 6.32. The van der Waals surface area contributed by atoms with Gasteiger partial charge in [-0.15, -0.1) is 0 Å². The van der Waals surface area contributed by atoms with Crippen molar-refractivity contribution in [3.05, 3.63) is 22.8 Å². The van der Waals surface area contributed by atoms with Crippen molar-refractivity contribution in [1.82, 2.24) is 4.98 Å². The van der Waals surface area contributed by atoms with Crippen molar-refractivity contribution in [2.45, 2.75) is 33.2 Å². The number of pyridine rings is 1. The van der Waals surface area contributed by atoms with Crippen LogP contribution in [0, 0.1) is 5.92 Å². The molecule has 1 N–H and O–H groups in total. The van der Waals surface area contributed by atoms with Gasteiger partial charge in [0.1, 0.15) is 5.82 Å². The van der Waals surface area contributed by atoms with Gasteiger partial charge in [-0.05, 0) is 25.3 Å². The van der Waals surface area contributed by atoms with Crippen molar-refractivity contribution in [1.29, 1.82) is 0 Å². The molecule has 5 heteroatoms. The summed E-state index contributed by atoms with van der Waals surface area (Å²) in [5, 5.41) is 9.22. The standard InChI is InChI=1S/C13H19ClN2O2/c1-8(2)5-9(3)16(4)12-11(14)6-10(7-15-12)13(17)18/h6-9H,5H2,1-4H3,(H,17,18). The molecule has 0 spiro atoms. The fraction of sp³-hybridized carbons (Fsp3) is 0.538. The van der Waals surface area contributed by atoms with Gasteiger partial charge in [0.2, 0.25) is 0 Å². The fourth-order valence-electron chi connectivity index (χ4n) is 1.86. The van der Waals surface area contributed by atoms with Crippen molar-refractivity contribution in [2.24, 2.45) is 5.92 Å². The van der Waals surface area contributed by atoms with Crippen LogP contribution in [-0.4, -0.2) is 29.1 Å². The third-order valence-corrected chi connectivity index (χ3v) is 3.15. The molecule has 1 aromatic rings. The van der Waals surface area contributed by atoms with Crippen molar-refractivity contribution in [3.8, 4) is 0 Å². The van der Waals surface area contributed by atoms with E-state index in [1.165, 1.54) is 12.3 Å². The Kier molecular flexibility index (Phi) is 4.96. The zero-order valence-electron chi connectivity index (χ0n) is 11.1. The van der Waals surface area contributed by atoms with E-state index in [0.717, 1.165) is 6.42 Å². The molecular weight excluding hydrogens is 252 g/mol. The zero-order chi connectivity index (χ0) is 13.9. The summed E-state index contributed by atoms with van der Waals surface area (Å²) in [5.41, 5.74) is 0.105. The normalized spacial score (nSPS) is 12.6. The van der Waals surface area contributed by atoms with Crippen molar-refractivity contribution in [3.63, 3.8) is 0 Å². The van der Waals surface area contributed by atoms with Crippen LogP contribution < -0.4 is 4.90 Å². The van der Waals surface area contributed by atoms with E-state index in [1.54, 1.807) is 0 Å². The number of halogens is 1. The highest BCUT2D eigenvalue weighted by molar-refractivity contribution is 6.33. The Morgan fingerprint density at radius 3 is 2.56 bits per heavy atom. The second-order valence-electron chi connectivity index (χ2n) is 4.92. The van der Waals surface area contributed by atoms with E-state index in [9.17, 15) is 4.79 Å². The number of nitrogens with zero attached hydrogens (tertiary/aromatic N) is 2. The lowest BCUT2D eigenvalue weighted by Crippen LogP contribution is -2.31. The number of hydrogen-bond donors (Lipinski definition) is 1. The molecule has 100 valence electrons. The Hall–Kier alpha value is -1.29. The number of rotatable bonds is 5. The molecule has 18 heavy (non-hydrogen) atoms. The maximum absolute atomic E-state index is 10.8. The number of aromatic nitrogens is 1. The highest BCUT2D eigenvalue weighted by Gasteiger charge is 2.17. The van der Waals surface area contributed by atoms with Crippen LogP contribution in [0.2, 0.25) is 5.02 Å². The van der Waals surface area contributed by atoms with Crippen LogP contribution in [0.5, 0.6) is 0 Å². The molecule has 0 saturated carbocycles. The van der Waals surface area contributed by atoms with Gasteiger partial charge in [0.15, 0.2) is 0 Å². The van der Waals surface area contributed by atoms with Gasteiger partial charge < -0.3 is 10.0 Å². The van der Waals surface area contributed by atoms with Gasteiger partial charge in [0, 0.05) is 19.3 Å². The summed E-state index contributed by atoms with van der Waals surface area (Å²) in [4.78, 5) is 16.9. The van der Waals surface area contributed by atoms with E-state index < -0.39 is 5.97 Å². The first kappa shape index (κ1) is 14.8. The fourth-order valence-corrected chi connectivity index (χ4v) is 2.16. The Morgan fingerprint density at radius 1 is 1.50 bits per heavy atom. The molecule has 0 fully saturated rings. The summed E-state index contributed by atoms with van der Waals surface area (Å²) in [5.74, 6) is 0.183. The highest BCUT2D eigenvalue weighted by atomic mass is 35.5. The average Bonchev–Trinajstić information content (AvgIpc) is 2.26. The molecule has 4 nitrogen and oxygen atoms in total. The molecule has 1 unspecified atom stereocenters. The van der Waals surface area contributed by atoms with Crippen LogP contribution in [0.1, 0.15) is 37.6 Å². The number of carbonyl (C=O) groups is 1. The average molecular weight is 271 g/mol.